The van der Waals surface area contributed by atoms with Crippen LogP contribution in [0.4, 0.5) is 0 Å². The number of piperidine rings is 1. The van der Waals surface area contributed by atoms with E-state index in [-0.39, 0.29) is 23.3 Å². The minimum absolute atomic E-state index is 0.187. The van der Waals surface area contributed by atoms with Crippen molar-refractivity contribution in [1.82, 2.24) is 14.2 Å². The number of sulfonamides is 1. The van der Waals surface area contributed by atoms with Gasteiger partial charge in [-0.15, -0.1) is 0 Å². The molecule has 0 N–H and O–H groups in total. The first-order chi connectivity index (χ1) is 11.5. The van der Waals surface area contributed by atoms with E-state index >= 15 is 0 Å². The summed E-state index contributed by atoms with van der Waals surface area (Å²) in [5, 5.41) is -0.331. The molecule has 2 aliphatic rings. The van der Waals surface area contributed by atoms with Gasteiger partial charge in [0.05, 0.1) is 18.5 Å². The topological polar surface area (TPSA) is 79.8 Å². The van der Waals surface area contributed by atoms with Crippen molar-refractivity contribution in [1.29, 1.82) is 0 Å². The molecular formula is C15H20ClN3O4S. The van der Waals surface area contributed by atoms with Gasteiger partial charge in [0.2, 0.25) is 10.0 Å². The molecule has 2 saturated heterocycles. The van der Waals surface area contributed by atoms with Crippen LogP contribution in [-0.4, -0.2) is 73.2 Å². The number of carbonyl (C=O) groups is 1. The van der Waals surface area contributed by atoms with E-state index in [1.165, 1.54) is 4.31 Å². The number of ether oxygens (including phenoxy) is 1. The summed E-state index contributed by atoms with van der Waals surface area (Å²) in [5.74, 6) is -0.278. The smallest absolute Gasteiger partial charge is 0.272 e. The van der Waals surface area contributed by atoms with E-state index in [4.69, 9.17) is 16.3 Å². The lowest BCUT2D eigenvalue weighted by Crippen LogP contribution is -2.51. The summed E-state index contributed by atoms with van der Waals surface area (Å²) >= 11 is 5.83. The highest BCUT2D eigenvalue weighted by Gasteiger charge is 2.37. The number of aromatic nitrogens is 1. The SMILES string of the molecule is O=C(c1cccc(Cl)n1)N1CCC[C@@H](S(=O)(=O)N2CCOCC2)C1. The molecule has 1 amide bonds. The van der Waals surface area contributed by atoms with Crippen molar-refractivity contribution >= 4 is 27.5 Å². The maximum absolute atomic E-state index is 12.8. The zero-order valence-corrected chi connectivity index (χ0v) is 14.8. The average molecular weight is 374 g/mol. The van der Waals surface area contributed by atoms with Gasteiger partial charge in [0.15, 0.2) is 0 Å². The van der Waals surface area contributed by atoms with E-state index in [1.807, 2.05) is 0 Å². The van der Waals surface area contributed by atoms with Crippen LogP contribution < -0.4 is 0 Å². The molecule has 0 spiro atoms. The predicted molar refractivity (Wildman–Crippen MR) is 89.5 cm³/mol. The minimum Gasteiger partial charge on any atom is -0.379 e. The Labute approximate surface area is 146 Å². The molecule has 0 saturated carbocycles. The average Bonchev–Trinajstić information content (AvgIpc) is 2.62. The van der Waals surface area contributed by atoms with Gasteiger partial charge in [-0.1, -0.05) is 17.7 Å². The number of nitrogens with zero attached hydrogens (tertiary/aromatic N) is 3. The Morgan fingerprint density at radius 3 is 2.71 bits per heavy atom. The van der Waals surface area contributed by atoms with Crippen molar-refractivity contribution in [3.8, 4) is 0 Å². The molecule has 0 bridgehead atoms. The van der Waals surface area contributed by atoms with Gasteiger partial charge in [0.25, 0.3) is 5.91 Å². The van der Waals surface area contributed by atoms with Gasteiger partial charge in [-0.25, -0.2) is 13.4 Å². The molecule has 7 nitrogen and oxygen atoms in total. The molecule has 2 aliphatic heterocycles. The van der Waals surface area contributed by atoms with Crippen LogP contribution in [0.1, 0.15) is 23.3 Å². The van der Waals surface area contributed by atoms with Crippen molar-refractivity contribution < 1.29 is 17.9 Å². The quantitative estimate of drug-likeness (QED) is 0.738. The second kappa shape index (κ2) is 7.35. The summed E-state index contributed by atoms with van der Waals surface area (Å²) in [4.78, 5) is 18.2. The van der Waals surface area contributed by atoms with Gasteiger partial charge >= 0.3 is 0 Å². The van der Waals surface area contributed by atoms with Gasteiger partial charge < -0.3 is 9.64 Å². The Morgan fingerprint density at radius 2 is 2.00 bits per heavy atom. The van der Waals surface area contributed by atoms with Crippen molar-refractivity contribution in [3.05, 3.63) is 29.0 Å². The zero-order chi connectivity index (χ0) is 17.2. The molecule has 3 rings (SSSR count). The predicted octanol–water partition coefficient (Wildman–Crippen LogP) is 1.00. The first-order valence-electron chi connectivity index (χ1n) is 7.97. The third kappa shape index (κ3) is 3.72. The third-order valence-corrected chi connectivity index (χ3v) is 6.87. The van der Waals surface area contributed by atoms with Gasteiger partial charge in [0.1, 0.15) is 10.8 Å². The van der Waals surface area contributed by atoms with Crippen molar-refractivity contribution in [2.24, 2.45) is 0 Å². The third-order valence-electron chi connectivity index (χ3n) is 4.35. The second-order valence-corrected chi connectivity index (χ2v) is 8.52. The minimum atomic E-state index is -3.43. The number of pyridine rings is 1. The van der Waals surface area contributed by atoms with Crippen LogP contribution >= 0.6 is 11.6 Å². The number of likely N-dealkylation sites (tertiary alicyclic amines) is 1. The molecule has 24 heavy (non-hydrogen) atoms. The highest BCUT2D eigenvalue weighted by Crippen LogP contribution is 2.22. The van der Waals surface area contributed by atoms with Crippen molar-refractivity contribution in [2.75, 3.05) is 39.4 Å². The number of hydrogen-bond donors (Lipinski definition) is 0. The lowest BCUT2D eigenvalue weighted by atomic mass is 10.1. The molecule has 0 unspecified atom stereocenters. The number of hydrogen-bond acceptors (Lipinski definition) is 5. The molecular weight excluding hydrogens is 354 g/mol. The number of amides is 1. The molecule has 0 aliphatic carbocycles. The maximum atomic E-state index is 12.8. The molecule has 9 heteroatoms. The summed E-state index contributed by atoms with van der Waals surface area (Å²) in [6, 6.07) is 4.85. The van der Waals surface area contributed by atoms with Gasteiger partial charge in [-0.2, -0.15) is 4.31 Å². The highest BCUT2D eigenvalue weighted by molar-refractivity contribution is 7.89. The van der Waals surface area contributed by atoms with E-state index < -0.39 is 15.3 Å². The fourth-order valence-corrected chi connectivity index (χ4v) is 5.14. The summed E-state index contributed by atoms with van der Waals surface area (Å²) < 4.78 is 32.3. The lowest BCUT2D eigenvalue weighted by molar-refractivity contribution is 0.0683. The van der Waals surface area contributed by atoms with E-state index in [0.717, 1.165) is 0 Å². The lowest BCUT2D eigenvalue weighted by Gasteiger charge is -2.36. The summed E-state index contributed by atoms with van der Waals surface area (Å²) in [5.41, 5.74) is 0.243. The zero-order valence-electron chi connectivity index (χ0n) is 13.2. The van der Waals surface area contributed by atoms with Gasteiger partial charge in [-0.05, 0) is 25.0 Å². The molecule has 1 aromatic rings. The molecule has 1 atom stereocenters. The van der Waals surface area contributed by atoms with Crippen LogP contribution in [0.5, 0.6) is 0 Å². The van der Waals surface area contributed by atoms with E-state index in [1.54, 1.807) is 23.1 Å². The molecule has 1 aromatic heterocycles. The Hall–Kier alpha value is -1.22. The van der Waals surface area contributed by atoms with E-state index in [9.17, 15) is 13.2 Å². The van der Waals surface area contributed by atoms with Crippen LogP contribution in [0.25, 0.3) is 0 Å². The first-order valence-corrected chi connectivity index (χ1v) is 9.85. The van der Waals surface area contributed by atoms with E-state index in [0.29, 0.717) is 45.7 Å². The number of morpholine rings is 1. The fraction of sp³-hybridized carbons (Fsp3) is 0.600. The van der Waals surface area contributed by atoms with Crippen LogP contribution in [-0.2, 0) is 14.8 Å². The Balaban J connectivity index is 1.73. The first kappa shape index (κ1) is 17.6. The monoisotopic (exact) mass is 373 g/mol. The molecule has 132 valence electrons. The van der Waals surface area contributed by atoms with Crippen LogP contribution in [0.2, 0.25) is 5.15 Å². The maximum Gasteiger partial charge on any atom is 0.272 e. The number of rotatable bonds is 3. The number of carbonyl (C=O) groups excluding carboxylic acids is 1. The number of halogens is 1. The molecule has 3 heterocycles. The normalized spacial score (nSPS) is 23.2. The van der Waals surface area contributed by atoms with Crippen molar-refractivity contribution in [3.63, 3.8) is 0 Å². The fourth-order valence-electron chi connectivity index (χ4n) is 3.07. The molecule has 0 aromatic carbocycles. The second-order valence-electron chi connectivity index (χ2n) is 5.92. The van der Waals surface area contributed by atoms with Crippen LogP contribution in [0.3, 0.4) is 0 Å². The highest BCUT2D eigenvalue weighted by atomic mass is 35.5. The van der Waals surface area contributed by atoms with Crippen LogP contribution in [0, 0.1) is 0 Å². The molecule has 0 radical (unpaired) electrons. The van der Waals surface area contributed by atoms with Gasteiger partial charge in [-0.3, -0.25) is 4.79 Å². The Kier molecular flexibility index (Phi) is 5.39. The summed E-state index contributed by atoms with van der Waals surface area (Å²) in [6.07, 6.45) is 1.22. The van der Waals surface area contributed by atoms with Gasteiger partial charge in [0, 0.05) is 26.2 Å². The van der Waals surface area contributed by atoms with Crippen molar-refractivity contribution in [2.45, 2.75) is 18.1 Å². The van der Waals surface area contributed by atoms with Crippen LogP contribution in [0.15, 0.2) is 18.2 Å². The largest absolute Gasteiger partial charge is 0.379 e. The standard InChI is InChI=1S/C15H20ClN3O4S/c16-14-5-1-4-13(17-14)15(20)18-6-2-3-12(11-18)24(21,22)19-7-9-23-10-8-19/h1,4-5,12H,2-3,6-11H2/t12-/m1/s1. The molecule has 2 fully saturated rings. The Morgan fingerprint density at radius 1 is 1.25 bits per heavy atom. The summed E-state index contributed by atoms with van der Waals surface area (Å²) in [7, 11) is -3.43. The van der Waals surface area contributed by atoms with E-state index in [2.05, 4.69) is 4.98 Å². The summed E-state index contributed by atoms with van der Waals surface area (Å²) in [6.45, 7) is 2.31. The Bertz CT molecular complexity index is 706.